The van der Waals surface area contributed by atoms with Crippen LogP contribution in [-0.4, -0.2) is 14.6 Å². The van der Waals surface area contributed by atoms with E-state index in [1.807, 2.05) is 29.8 Å². The molecule has 0 N–H and O–H groups in total. The van der Waals surface area contributed by atoms with E-state index in [2.05, 4.69) is 23.9 Å². The fourth-order valence-electron chi connectivity index (χ4n) is 1.27. The van der Waals surface area contributed by atoms with Crippen molar-refractivity contribution in [1.29, 1.82) is 0 Å². The van der Waals surface area contributed by atoms with Crippen LogP contribution in [0.15, 0.2) is 18.3 Å². The summed E-state index contributed by atoms with van der Waals surface area (Å²) in [6, 6.07) is 4.00. The van der Waals surface area contributed by atoms with Gasteiger partial charge < -0.3 is 0 Å². The van der Waals surface area contributed by atoms with Crippen LogP contribution in [-0.2, 0) is 0 Å². The number of rotatable bonds is 1. The van der Waals surface area contributed by atoms with Gasteiger partial charge in [-0.05, 0) is 18.9 Å². The second-order valence-corrected chi connectivity index (χ2v) is 3.60. The highest BCUT2D eigenvalue weighted by Gasteiger charge is 2.05. The summed E-state index contributed by atoms with van der Waals surface area (Å²) in [7, 11) is 0. The van der Waals surface area contributed by atoms with Crippen molar-refractivity contribution in [3.8, 4) is 0 Å². The molecular formula is C10H13N3. The highest BCUT2D eigenvalue weighted by molar-refractivity contribution is 5.40. The lowest BCUT2D eigenvalue weighted by Crippen LogP contribution is -1.92. The third-order valence-corrected chi connectivity index (χ3v) is 2.07. The van der Waals surface area contributed by atoms with Crippen molar-refractivity contribution in [2.75, 3.05) is 0 Å². The van der Waals surface area contributed by atoms with E-state index < -0.39 is 0 Å². The largest absolute Gasteiger partial charge is 0.234 e. The average molecular weight is 175 g/mol. The molecule has 0 unspecified atom stereocenters. The van der Waals surface area contributed by atoms with Gasteiger partial charge in [-0.3, -0.25) is 0 Å². The van der Waals surface area contributed by atoms with Gasteiger partial charge in [0.25, 0.3) is 0 Å². The highest BCUT2D eigenvalue weighted by Crippen LogP contribution is 2.13. The van der Waals surface area contributed by atoms with Crippen molar-refractivity contribution in [2.45, 2.75) is 26.7 Å². The minimum Gasteiger partial charge on any atom is -0.234 e. The van der Waals surface area contributed by atoms with E-state index in [1.165, 1.54) is 0 Å². The standard InChI is InChI=1S/C10H13N3/c1-7(2)9-6-10-11-8(3)4-5-13(10)12-9/h4-7H,1-3H3. The van der Waals surface area contributed by atoms with Crippen LogP contribution in [0.3, 0.4) is 0 Å². The molecule has 0 saturated heterocycles. The van der Waals surface area contributed by atoms with Crippen molar-refractivity contribution < 1.29 is 0 Å². The third kappa shape index (κ3) is 1.41. The smallest absolute Gasteiger partial charge is 0.155 e. The van der Waals surface area contributed by atoms with Crippen LogP contribution >= 0.6 is 0 Å². The minimum absolute atomic E-state index is 0.460. The first kappa shape index (κ1) is 8.23. The maximum absolute atomic E-state index is 4.41. The van der Waals surface area contributed by atoms with E-state index in [1.54, 1.807) is 0 Å². The molecule has 0 atom stereocenters. The van der Waals surface area contributed by atoms with E-state index in [-0.39, 0.29) is 0 Å². The van der Waals surface area contributed by atoms with Gasteiger partial charge in [0.15, 0.2) is 5.65 Å². The van der Waals surface area contributed by atoms with E-state index in [9.17, 15) is 0 Å². The van der Waals surface area contributed by atoms with Crippen LogP contribution in [0.4, 0.5) is 0 Å². The molecule has 0 aliphatic carbocycles. The summed E-state index contributed by atoms with van der Waals surface area (Å²) in [4.78, 5) is 4.38. The lowest BCUT2D eigenvalue weighted by atomic mass is 10.1. The first-order valence-corrected chi connectivity index (χ1v) is 4.50. The Kier molecular flexibility index (Phi) is 1.79. The molecule has 0 bridgehead atoms. The Labute approximate surface area is 77.4 Å². The Morgan fingerprint density at radius 2 is 2.15 bits per heavy atom. The van der Waals surface area contributed by atoms with Crippen LogP contribution in [0, 0.1) is 6.92 Å². The number of nitrogens with zero attached hydrogens (tertiary/aromatic N) is 3. The summed E-state index contributed by atoms with van der Waals surface area (Å²) in [5.41, 5.74) is 3.06. The van der Waals surface area contributed by atoms with Gasteiger partial charge in [0.2, 0.25) is 0 Å². The number of fused-ring (bicyclic) bond motifs is 1. The van der Waals surface area contributed by atoms with Crippen molar-refractivity contribution in [1.82, 2.24) is 14.6 Å². The zero-order valence-electron chi connectivity index (χ0n) is 8.15. The minimum atomic E-state index is 0.460. The molecule has 0 radical (unpaired) electrons. The number of aromatic nitrogens is 3. The van der Waals surface area contributed by atoms with Crippen LogP contribution in [0.1, 0.15) is 31.2 Å². The predicted molar refractivity (Wildman–Crippen MR) is 51.8 cm³/mol. The number of hydrogen-bond donors (Lipinski definition) is 0. The van der Waals surface area contributed by atoms with Crippen LogP contribution in [0.2, 0.25) is 0 Å². The molecule has 0 amide bonds. The van der Waals surface area contributed by atoms with Gasteiger partial charge in [0.1, 0.15) is 0 Å². The molecule has 0 aromatic carbocycles. The fraction of sp³-hybridized carbons (Fsp3) is 0.400. The van der Waals surface area contributed by atoms with E-state index in [0.29, 0.717) is 5.92 Å². The molecule has 0 spiro atoms. The lowest BCUT2D eigenvalue weighted by molar-refractivity contribution is 0.785. The van der Waals surface area contributed by atoms with E-state index in [4.69, 9.17) is 0 Å². The molecule has 0 fully saturated rings. The second kappa shape index (κ2) is 2.83. The summed E-state index contributed by atoms with van der Waals surface area (Å²) >= 11 is 0. The quantitative estimate of drug-likeness (QED) is 0.664. The zero-order valence-corrected chi connectivity index (χ0v) is 8.15. The Balaban J connectivity index is 2.62. The second-order valence-electron chi connectivity index (χ2n) is 3.60. The zero-order chi connectivity index (χ0) is 9.42. The molecular weight excluding hydrogens is 162 g/mol. The molecule has 68 valence electrons. The van der Waals surface area contributed by atoms with Crippen LogP contribution in [0.25, 0.3) is 5.65 Å². The summed E-state index contributed by atoms with van der Waals surface area (Å²) in [6.45, 7) is 6.26. The normalized spacial score (nSPS) is 11.4. The van der Waals surface area contributed by atoms with Gasteiger partial charge >= 0.3 is 0 Å². The molecule has 2 aromatic heterocycles. The van der Waals surface area contributed by atoms with E-state index in [0.717, 1.165) is 17.0 Å². The van der Waals surface area contributed by atoms with Crippen molar-refractivity contribution in [3.63, 3.8) is 0 Å². The van der Waals surface area contributed by atoms with Gasteiger partial charge in [-0.25, -0.2) is 9.50 Å². The molecule has 3 heteroatoms. The summed E-state index contributed by atoms with van der Waals surface area (Å²) < 4.78 is 1.82. The molecule has 0 aliphatic heterocycles. The monoisotopic (exact) mass is 175 g/mol. The SMILES string of the molecule is Cc1ccn2nc(C(C)C)cc2n1. The van der Waals surface area contributed by atoms with Crippen LogP contribution < -0.4 is 0 Å². The summed E-state index contributed by atoms with van der Waals surface area (Å²) in [5.74, 6) is 0.460. The average Bonchev–Trinajstić information content (AvgIpc) is 2.46. The number of hydrogen-bond acceptors (Lipinski definition) is 2. The molecule has 2 rings (SSSR count). The highest BCUT2D eigenvalue weighted by atomic mass is 15.2. The van der Waals surface area contributed by atoms with Crippen LogP contribution in [0.5, 0.6) is 0 Å². The molecule has 2 heterocycles. The molecule has 0 aliphatic rings. The van der Waals surface area contributed by atoms with Crippen molar-refractivity contribution in [3.05, 3.63) is 29.7 Å². The van der Waals surface area contributed by atoms with Gasteiger partial charge in [0, 0.05) is 18.0 Å². The van der Waals surface area contributed by atoms with Crippen molar-refractivity contribution in [2.24, 2.45) is 0 Å². The molecule has 0 saturated carbocycles. The number of aryl methyl sites for hydroxylation is 1. The van der Waals surface area contributed by atoms with Gasteiger partial charge in [-0.1, -0.05) is 13.8 Å². The van der Waals surface area contributed by atoms with Crippen molar-refractivity contribution >= 4 is 5.65 Å². The van der Waals surface area contributed by atoms with Gasteiger partial charge in [0.05, 0.1) is 5.69 Å². The Morgan fingerprint density at radius 1 is 1.38 bits per heavy atom. The molecule has 3 nitrogen and oxygen atoms in total. The Morgan fingerprint density at radius 3 is 2.85 bits per heavy atom. The third-order valence-electron chi connectivity index (χ3n) is 2.07. The van der Waals surface area contributed by atoms with E-state index >= 15 is 0 Å². The topological polar surface area (TPSA) is 30.2 Å². The van der Waals surface area contributed by atoms with Gasteiger partial charge in [-0.2, -0.15) is 5.10 Å². The Hall–Kier alpha value is -1.38. The fourth-order valence-corrected chi connectivity index (χ4v) is 1.27. The lowest BCUT2D eigenvalue weighted by Gasteiger charge is -1.95. The van der Waals surface area contributed by atoms with Gasteiger partial charge in [-0.15, -0.1) is 0 Å². The maximum Gasteiger partial charge on any atom is 0.155 e. The summed E-state index contributed by atoms with van der Waals surface area (Å²) in [6.07, 6.45) is 1.95. The first-order chi connectivity index (χ1) is 6.16. The molecule has 2 aromatic rings. The predicted octanol–water partition coefficient (Wildman–Crippen LogP) is 2.16. The molecule has 13 heavy (non-hydrogen) atoms. The maximum atomic E-state index is 4.41. The Bertz CT molecular complexity index is 429. The first-order valence-electron chi connectivity index (χ1n) is 4.50. The summed E-state index contributed by atoms with van der Waals surface area (Å²) in [5, 5.41) is 4.41.